The zero-order valence-corrected chi connectivity index (χ0v) is 14.7. The molecule has 0 bridgehead atoms. The molecule has 0 unspecified atom stereocenters. The van der Waals surface area contributed by atoms with Crippen LogP contribution >= 0.6 is 11.3 Å². The minimum atomic E-state index is 0.0521. The molecule has 3 heterocycles. The minimum Gasteiger partial charge on any atom is -0.457 e. The summed E-state index contributed by atoms with van der Waals surface area (Å²) in [7, 11) is 0. The number of carbonyl (C=O) groups excluding carboxylic acids is 1. The van der Waals surface area contributed by atoms with E-state index in [4.69, 9.17) is 4.42 Å². The van der Waals surface area contributed by atoms with Gasteiger partial charge in [-0.25, -0.2) is 0 Å². The highest BCUT2D eigenvalue weighted by molar-refractivity contribution is 7.09. The van der Waals surface area contributed by atoms with Gasteiger partial charge in [-0.2, -0.15) is 0 Å². The quantitative estimate of drug-likeness (QED) is 0.669. The number of carbonyl (C=O) groups is 1. The maximum Gasteiger partial charge on any atom is 0.246 e. The molecule has 1 fully saturated rings. The summed E-state index contributed by atoms with van der Waals surface area (Å²) in [5.41, 5.74) is 0.844. The van der Waals surface area contributed by atoms with Gasteiger partial charge in [-0.15, -0.1) is 11.3 Å². The van der Waals surface area contributed by atoms with Crippen LogP contribution in [0.1, 0.15) is 10.6 Å². The van der Waals surface area contributed by atoms with Gasteiger partial charge < -0.3 is 9.32 Å². The number of fused-ring (bicyclic) bond motifs is 1. The van der Waals surface area contributed by atoms with Crippen molar-refractivity contribution in [1.82, 2.24) is 9.80 Å². The molecule has 0 atom stereocenters. The molecule has 0 saturated carbocycles. The van der Waals surface area contributed by atoms with Crippen LogP contribution in [-0.4, -0.2) is 41.9 Å². The van der Waals surface area contributed by atoms with Crippen LogP contribution in [0, 0.1) is 0 Å². The number of hydrogen-bond donors (Lipinski definition) is 0. The van der Waals surface area contributed by atoms with E-state index in [-0.39, 0.29) is 5.91 Å². The van der Waals surface area contributed by atoms with Crippen molar-refractivity contribution in [3.63, 3.8) is 0 Å². The standard InChI is InChI=1S/C20H20N2O2S/c23-20(8-7-17-14-16-4-1-2-6-19(16)24-17)22-11-9-21(10-12-22)15-18-5-3-13-25-18/h1-8,13-14H,9-12,15H2/b8-7+. The van der Waals surface area contributed by atoms with Gasteiger partial charge in [-0.1, -0.05) is 24.3 Å². The molecule has 1 saturated heterocycles. The highest BCUT2D eigenvalue weighted by Gasteiger charge is 2.19. The van der Waals surface area contributed by atoms with Gasteiger partial charge >= 0.3 is 0 Å². The summed E-state index contributed by atoms with van der Waals surface area (Å²) < 4.78 is 5.72. The first-order valence-corrected chi connectivity index (χ1v) is 9.36. The van der Waals surface area contributed by atoms with Crippen molar-refractivity contribution in [3.05, 3.63) is 64.6 Å². The first kappa shape index (κ1) is 16.1. The van der Waals surface area contributed by atoms with Gasteiger partial charge in [0, 0.05) is 49.1 Å². The monoisotopic (exact) mass is 352 g/mol. The summed E-state index contributed by atoms with van der Waals surface area (Å²) in [4.78, 5) is 18.1. The van der Waals surface area contributed by atoms with E-state index < -0.39 is 0 Å². The van der Waals surface area contributed by atoms with Gasteiger partial charge in [0.1, 0.15) is 11.3 Å². The molecule has 2 aromatic heterocycles. The second kappa shape index (κ2) is 7.25. The predicted molar refractivity (Wildman–Crippen MR) is 101 cm³/mol. The van der Waals surface area contributed by atoms with Crippen LogP contribution in [0.15, 0.2) is 58.3 Å². The van der Waals surface area contributed by atoms with Crippen LogP contribution < -0.4 is 0 Å². The first-order chi connectivity index (χ1) is 12.3. The lowest BCUT2D eigenvalue weighted by Crippen LogP contribution is -2.47. The Kier molecular flexibility index (Phi) is 4.68. The summed E-state index contributed by atoms with van der Waals surface area (Å²) in [6.45, 7) is 4.36. The summed E-state index contributed by atoms with van der Waals surface area (Å²) >= 11 is 1.79. The van der Waals surface area contributed by atoms with Gasteiger partial charge in [0.15, 0.2) is 0 Å². The largest absolute Gasteiger partial charge is 0.457 e. The predicted octanol–water partition coefficient (Wildman–Crippen LogP) is 3.85. The van der Waals surface area contributed by atoms with Crippen LogP contribution in [0.3, 0.4) is 0 Å². The number of furan rings is 1. The Hall–Kier alpha value is -2.37. The van der Waals surface area contributed by atoms with E-state index in [9.17, 15) is 4.79 Å². The van der Waals surface area contributed by atoms with E-state index >= 15 is 0 Å². The Labute approximate surface area is 151 Å². The lowest BCUT2D eigenvalue weighted by atomic mass is 10.2. The molecule has 0 aliphatic carbocycles. The fourth-order valence-corrected chi connectivity index (χ4v) is 3.84. The van der Waals surface area contributed by atoms with Gasteiger partial charge in [-0.3, -0.25) is 9.69 Å². The number of benzene rings is 1. The normalized spacial score (nSPS) is 16.1. The van der Waals surface area contributed by atoms with Gasteiger partial charge in [0.25, 0.3) is 0 Å². The molecular formula is C20H20N2O2S. The number of rotatable bonds is 4. The topological polar surface area (TPSA) is 36.7 Å². The second-order valence-corrected chi connectivity index (χ2v) is 7.23. The maximum absolute atomic E-state index is 12.4. The average Bonchev–Trinajstić information content (AvgIpc) is 3.29. The van der Waals surface area contributed by atoms with Gasteiger partial charge in [0.05, 0.1) is 0 Å². The van der Waals surface area contributed by atoms with Crippen LogP contribution in [0.25, 0.3) is 17.0 Å². The highest BCUT2D eigenvalue weighted by Crippen LogP contribution is 2.20. The Balaban J connectivity index is 1.32. The van der Waals surface area contributed by atoms with E-state index in [0.717, 1.165) is 43.7 Å². The van der Waals surface area contributed by atoms with Crippen molar-refractivity contribution in [2.24, 2.45) is 0 Å². The molecule has 3 aromatic rings. The number of hydrogen-bond acceptors (Lipinski definition) is 4. The molecule has 0 N–H and O–H groups in total. The Morgan fingerprint density at radius 2 is 1.96 bits per heavy atom. The molecule has 1 aromatic carbocycles. The zero-order valence-electron chi connectivity index (χ0n) is 13.9. The smallest absolute Gasteiger partial charge is 0.246 e. The van der Waals surface area contributed by atoms with Crippen molar-refractivity contribution >= 4 is 34.3 Å². The molecule has 5 heteroatoms. The van der Waals surface area contributed by atoms with Gasteiger partial charge in [-0.05, 0) is 29.7 Å². The minimum absolute atomic E-state index is 0.0521. The average molecular weight is 352 g/mol. The van der Waals surface area contributed by atoms with Crippen LogP contribution in [0.2, 0.25) is 0 Å². The Bertz CT molecular complexity index is 841. The van der Waals surface area contributed by atoms with Crippen molar-refractivity contribution in [2.45, 2.75) is 6.54 Å². The number of amides is 1. The van der Waals surface area contributed by atoms with Crippen LogP contribution in [0.5, 0.6) is 0 Å². The summed E-state index contributed by atoms with van der Waals surface area (Å²) in [5.74, 6) is 0.766. The summed E-state index contributed by atoms with van der Waals surface area (Å²) in [6.07, 6.45) is 3.38. The molecule has 1 amide bonds. The molecule has 0 radical (unpaired) electrons. The van der Waals surface area contributed by atoms with E-state index in [0.29, 0.717) is 5.76 Å². The number of para-hydroxylation sites is 1. The third-order valence-electron chi connectivity index (χ3n) is 4.48. The summed E-state index contributed by atoms with van der Waals surface area (Å²) in [6, 6.07) is 14.1. The lowest BCUT2D eigenvalue weighted by molar-refractivity contribution is -0.127. The van der Waals surface area contributed by atoms with Crippen LogP contribution in [-0.2, 0) is 11.3 Å². The van der Waals surface area contributed by atoms with Crippen molar-refractivity contribution in [2.75, 3.05) is 26.2 Å². The van der Waals surface area contributed by atoms with Gasteiger partial charge in [0.2, 0.25) is 5.91 Å². The Morgan fingerprint density at radius 3 is 2.72 bits per heavy atom. The molecular weight excluding hydrogens is 332 g/mol. The first-order valence-electron chi connectivity index (χ1n) is 8.48. The molecule has 0 spiro atoms. The third-order valence-corrected chi connectivity index (χ3v) is 5.34. The van der Waals surface area contributed by atoms with Crippen molar-refractivity contribution < 1.29 is 9.21 Å². The molecule has 1 aliphatic rings. The van der Waals surface area contributed by atoms with Crippen molar-refractivity contribution in [1.29, 1.82) is 0 Å². The maximum atomic E-state index is 12.4. The zero-order chi connectivity index (χ0) is 17.1. The number of nitrogens with zero attached hydrogens (tertiary/aromatic N) is 2. The van der Waals surface area contributed by atoms with Crippen LogP contribution in [0.4, 0.5) is 0 Å². The SMILES string of the molecule is O=C(/C=C/c1cc2ccccc2o1)N1CCN(Cc2cccs2)CC1. The highest BCUT2D eigenvalue weighted by atomic mass is 32.1. The number of thiophene rings is 1. The summed E-state index contributed by atoms with van der Waals surface area (Å²) in [5, 5.41) is 3.16. The fourth-order valence-electron chi connectivity index (χ4n) is 3.09. The van der Waals surface area contributed by atoms with E-state index in [1.54, 1.807) is 23.5 Å². The van der Waals surface area contributed by atoms with E-state index in [1.807, 2.05) is 35.2 Å². The fraction of sp³-hybridized carbons (Fsp3) is 0.250. The third kappa shape index (κ3) is 3.83. The lowest BCUT2D eigenvalue weighted by Gasteiger charge is -2.33. The molecule has 1 aliphatic heterocycles. The molecule has 4 nitrogen and oxygen atoms in total. The Morgan fingerprint density at radius 1 is 1.12 bits per heavy atom. The molecule has 128 valence electrons. The molecule has 4 rings (SSSR count). The van der Waals surface area contributed by atoms with E-state index in [1.165, 1.54) is 4.88 Å². The molecule has 25 heavy (non-hydrogen) atoms. The second-order valence-electron chi connectivity index (χ2n) is 6.20. The van der Waals surface area contributed by atoms with Crippen molar-refractivity contribution in [3.8, 4) is 0 Å². The number of piperazine rings is 1. The van der Waals surface area contributed by atoms with E-state index in [2.05, 4.69) is 22.4 Å².